The zero-order chi connectivity index (χ0) is 30.6. The standard InChI is InChI=1S/C33H29ClFN3O6/c1-33(24-8-7-21(34)16-25(24)35)43-28-5-3-4-23(31(28)44-33)19-10-12-37(30(39)15-19)18-29-36-26-9-6-20(32(40)41-2)14-27(26)38(29)17-22-11-13-42-22/h3-9,14-16,22H,10-13,17-18H2,1-2H3/t22-,33?/m0/s1. The van der Waals surface area contributed by atoms with Crippen molar-refractivity contribution in [2.45, 2.75) is 44.7 Å². The highest BCUT2D eigenvalue weighted by Gasteiger charge is 2.42. The lowest BCUT2D eigenvalue weighted by molar-refractivity contribution is -0.127. The topological polar surface area (TPSA) is 92.1 Å². The molecule has 0 radical (unpaired) electrons. The van der Waals surface area contributed by atoms with E-state index in [4.69, 9.17) is 35.5 Å². The third-order valence-corrected chi connectivity index (χ3v) is 8.60. The Kier molecular flexibility index (Phi) is 7.05. The maximum Gasteiger partial charge on any atom is 0.337 e. The zero-order valence-electron chi connectivity index (χ0n) is 24.1. The number of carbonyl (C=O) groups excluding carboxylic acids is 2. The molecule has 226 valence electrons. The first-order chi connectivity index (χ1) is 21.2. The van der Waals surface area contributed by atoms with E-state index in [1.807, 2.05) is 16.7 Å². The minimum Gasteiger partial charge on any atom is -0.465 e. The molecule has 7 rings (SSSR count). The van der Waals surface area contributed by atoms with Gasteiger partial charge in [-0.05, 0) is 60.9 Å². The third kappa shape index (κ3) is 4.97. The summed E-state index contributed by atoms with van der Waals surface area (Å²) in [6.45, 7) is 3.68. The quantitative estimate of drug-likeness (QED) is 0.240. The van der Waals surface area contributed by atoms with Crippen molar-refractivity contribution in [3.05, 3.63) is 94.0 Å². The number of imidazole rings is 1. The minimum absolute atomic E-state index is 0.0471. The molecule has 11 heteroatoms. The second kappa shape index (κ2) is 10.9. The van der Waals surface area contributed by atoms with Crippen molar-refractivity contribution in [1.82, 2.24) is 14.5 Å². The van der Waals surface area contributed by atoms with Crippen molar-refractivity contribution in [2.24, 2.45) is 0 Å². The zero-order valence-corrected chi connectivity index (χ0v) is 24.9. The van der Waals surface area contributed by atoms with Gasteiger partial charge in [0.2, 0.25) is 5.91 Å². The fourth-order valence-corrected chi connectivity index (χ4v) is 6.10. The molecule has 0 aliphatic carbocycles. The first-order valence-electron chi connectivity index (χ1n) is 14.4. The van der Waals surface area contributed by atoms with E-state index in [9.17, 15) is 14.0 Å². The van der Waals surface area contributed by atoms with Crippen molar-refractivity contribution in [2.75, 3.05) is 20.3 Å². The number of carbonyl (C=O) groups is 2. The molecule has 1 saturated heterocycles. The number of methoxy groups -OCH3 is 1. The Hall–Kier alpha value is -4.41. The highest BCUT2D eigenvalue weighted by Crippen LogP contribution is 2.49. The van der Waals surface area contributed by atoms with Gasteiger partial charge in [0.1, 0.15) is 11.6 Å². The molecule has 0 saturated carbocycles. The van der Waals surface area contributed by atoms with Gasteiger partial charge >= 0.3 is 5.97 Å². The molecule has 1 aromatic heterocycles. The Bertz CT molecular complexity index is 1850. The molecule has 4 heterocycles. The van der Waals surface area contributed by atoms with E-state index in [-0.39, 0.29) is 29.1 Å². The van der Waals surface area contributed by atoms with E-state index >= 15 is 0 Å². The number of amides is 1. The number of para-hydroxylation sites is 1. The lowest BCUT2D eigenvalue weighted by atomic mass is 9.98. The van der Waals surface area contributed by atoms with Crippen LogP contribution >= 0.6 is 11.6 Å². The summed E-state index contributed by atoms with van der Waals surface area (Å²) in [7, 11) is 1.35. The van der Waals surface area contributed by atoms with Crippen LogP contribution in [0, 0.1) is 5.82 Å². The molecule has 3 aliphatic rings. The fourth-order valence-electron chi connectivity index (χ4n) is 5.94. The van der Waals surface area contributed by atoms with Crippen molar-refractivity contribution in [1.29, 1.82) is 0 Å². The number of hydrogen-bond donors (Lipinski definition) is 0. The number of ether oxygens (including phenoxy) is 4. The number of esters is 1. The van der Waals surface area contributed by atoms with Crippen LogP contribution in [0.4, 0.5) is 4.39 Å². The molecule has 0 N–H and O–H groups in total. The summed E-state index contributed by atoms with van der Waals surface area (Å²) < 4.78 is 39.8. The molecular weight excluding hydrogens is 589 g/mol. The number of halogens is 2. The number of aromatic nitrogens is 2. The molecule has 3 aromatic carbocycles. The Morgan fingerprint density at radius 3 is 2.75 bits per heavy atom. The summed E-state index contributed by atoms with van der Waals surface area (Å²) in [5, 5.41) is 0.277. The Morgan fingerprint density at radius 1 is 1.18 bits per heavy atom. The van der Waals surface area contributed by atoms with E-state index in [1.54, 1.807) is 54.3 Å². The van der Waals surface area contributed by atoms with Crippen molar-refractivity contribution in [3.63, 3.8) is 0 Å². The smallest absolute Gasteiger partial charge is 0.337 e. The number of rotatable bonds is 7. The van der Waals surface area contributed by atoms with Gasteiger partial charge in [0.15, 0.2) is 11.5 Å². The van der Waals surface area contributed by atoms with E-state index < -0.39 is 17.6 Å². The minimum atomic E-state index is -1.39. The van der Waals surface area contributed by atoms with Crippen LogP contribution in [0.15, 0.2) is 60.7 Å². The summed E-state index contributed by atoms with van der Waals surface area (Å²) >= 11 is 5.95. The molecular formula is C33H29ClFN3O6. The Morgan fingerprint density at radius 2 is 2.02 bits per heavy atom. The highest BCUT2D eigenvalue weighted by molar-refractivity contribution is 6.30. The number of nitrogens with zero attached hydrogens (tertiary/aromatic N) is 3. The normalized spacial score (nSPS) is 20.9. The third-order valence-electron chi connectivity index (χ3n) is 8.37. The van der Waals surface area contributed by atoms with Crippen LogP contribution in [0.1, 0.15) is 47.1 Å². The van der Waals surface area contributed by atoms with Gasteiger partial charge in [-0.1, -0.05) is 23.7 Å². The second-order valence-electron chi connectivity index (χ2n) is 11.2. The van der Waals surface area contributed by atoms with Crippen LogP contribution in [0.25, 0.3) is 16.6 Å². The molecule has 0 spiro atoms. The summed E-state index contributed by atoms with van der Waals surface area (Å²) in [6, 6.07) is 15.1. The average Bonchev–Trinajstić information content (AvgIpc) is 3.51. The molecule has 0 bridgehead atoms. The van der Waals surface area contributed by atoms with Gasteiger partial charge in [0.25, 0.3) is 5.79 Å². The molecule has 9 nitrogen and oxygen atoms in total. The number of fused-ring (bicyclic) bond motifs is 2. The van der Waals surface area contributed by atoms with Gasteiger partial charge in [0.05, 0.1) is 48.5 Å². The van der Waals surface area contributed by atoms with Gasteiger partial charge in [-0.15, -0.1) is 0 Å². The van der Waals surface area contributed by atoms with E-state index in [1.165, 1.54) is 13.2 Å². The van der Waals surface area contributed by atoms with Crippen LogP contribution in [-0.2, 0) is 33.1 Å². The Balaban J connectivity index is 1.15. The van der Waals surface area contributed by atoms with Crippen molar-refractivity contribution < 1.29 is 32.9 Å². The van der Waals surface area contributed by atoms with Gasteiger partial charge in [-0.2, -0.15) is 0 Å². The van der Waals surface area contributed by atoms with E-state index in [2.05, 4.69) is 0 Å². The number of benzene rings is 3. The maximum absolute atomic E-state index is 14.8. The van der Waals surface area contributed by atoms with Crippen molar-refractivity contribution >= 4 is 40.1 Å². The molecule has 1 amide bonds. The molecule has 1 unspecified atom stereocenters. The SMILES string of the molecule is COC(=O)c1ccc2nc(CN3CCC(c4cccc5c4OC(C)(c4ccc(Cl)cc4F)O5)=CC3=O)n(C[C@@H]3CCO3)c2c1. The summed E-state index contributed by atoms with van der Waals surface area (Å²) in [5.74, 6) is -0.883. The molecule has 3 aliphatic heterocycles. The van der Waals surface area contributed by atoms with Gasteiger partial charge in [0, 0.05) is 36.7 Å². The van der Waals surface area contributed by atoms with Crippen molar-refractivity contribution in [3.8, 4) is 11.5 Å². The molecule has 1 fully saturated rings. The first kappa shape index (κ1) is 28.4. The monoisotopic (exact) mass is 617 g/mol. The number of hydrogen-bond acceptors (Lipinski definition) is 7. The lowest BCUT2D eigenvalue weighted by Gasteiger charge is -2.29. The summed E-state index contributed by atoms with van der Waals surface area (Å²) in [5.41, 5.74) is 3.68. The first-order valence-corrected chi connectivity index (χ1v) is 14.8. The summed E-state index contributed by atoms with van der Waals surface area (Å²) in [6.07, 6.45) is 3.15. The predicted molar refractivity (Wildman–Crippen MR) is 160 cm³/mol. The van der Waals surface area contributed by atoms with Crippen LogP contribution in [0.5, 0.6) is 11.5 Å². The van der Waals surface area contributed by atoms with E-state index in [0.29, 0.717) is 49.0 Å². The van der Waals surface area contributed by atoms with Crippen LogP contribution in [0.3, 0.4) is 0 Å². The highest BCUT2D eigenvalue weighted by atomic mass is 35.5. The second-order valence-corrected chi connectivity index (χ2v) is 11.6. The predicted octanol–water partition coefficient (Wildman–Crippen LogP) is 5.86. The summed E-state index contributed by atoms with van der Waals surface area (Å²) in [4.78, 5) is 32.3. The fraction of sp³-hybridized carbons (Fsp3) is 0.303. The van der Waals surface area contributed by atoms with Crippen LogP contribution in [-0.4, -0.2) is 52.7 Å². The average molecular weight is 618 g/mol. The van der Waals surface area contributed by atoms with E-state index in [0.717, 1.165) is 28.6 Å². The molecule has 2 atom stereocenters. The van der Waals surface area contributed by atoms with Crippen LogP contribution < -0.4 is 9.47 Å². The maximum atomic E-state index is 14.8. The largest absolute Gasteiger partial charge is 0.465 e. The van der Waals surface area contributed by atoms with Gasteiger partial charge in [-0.25, -0.2) is 14.2 Å². The van der Waals surface area contributed by atoms with Gasteiger partial charge in [-0.3, -0.25) is 4.79 Å². The Labute approximate surface area is 257 Å². The van der Waals surface area contributed by atoms with Gasteiger partial charge < -0.3 is 28.4 Å². The lowest BCUT2D eigenvalue weighted by Crippen LogP contribution is -2.36. The van der Waals surface area contributed by atoms with Crippen LogP contribution in [0.2, 0.25) is 5.02 Å². The molecule has 4 aromatic rings. The molecule has 44 heavy (non-hydrogen) atoms.